The van der Waals surface area contributed by atoms with E-state index in [-0.39, 0.29) is 18.1 Å². The topological polar surface area (TPSA) is 119 Å². The smallest absolute Gasteiger partial charge is 0.345 e. The van der Waals surface area contributed by atoms with Crippen molar-refractivity contribution in [3.8, 4) is 0 Å². The Bertz CT molecular complexity index is 432. The maximum Gasteiger partial charge on any atom is 0.345 e. The predicted octanol–water partition coefficient (Wildman–Crippen LogP) is -1.06. The number of alkyl halides is 1. The summed E-state index contributed by atoms with van der Waals surface area (Å²) in [5, 5.41) is 2.96. The third-order valence-corrected chi connectivity index (χ3v) is 2.02. The molecular weight excluding hydrogens is 231 g/mol. The van der Waals surface area contributed by atoms with Gasteiger partial charge in [-0.05, 0) is 0 Å². The number of carbonyl (C=O) groups is 2. The Hall–Kier alpha value is -2.16. The maximum atomic E-state index is 12.0. The summed E-state index contributed by atoms with van der Waals surface area (Å²) < 4.78 is 12.9. The third kappa shape index (κ3) is 2.50. The summed E-state index contributed by atoms with van der Waals surface area (Å²) in [4.78, 5) is 26.6. The number of nitrogens with two attached hydrogens (primary N) is 2. The van der Waals surface area contributed by atoms with E-state index in [4.69, 9.17) is 11.6 Å². The molecule has 1 rings (SSSR count). The van der Waals surface area contributed by atoms with Gasteiger partial charge in [-0.25, -0.2) is 24.6 Å². The lowest BCUT2D eigenvalue weighted by atomic mass is 10.4. The van der Waals surface area contributed by atoms with Crippen molar-refractivity contribution in [2.45, 2.75) is 0 Å². The van der Waals surface area contributed by atoms with E-state index in [1.807, 2.05) is 0 Å². The molecule has 0 aromatic carbocycles. The summed E-state index contributed by atoms with van der Waals surface area (Å²) in [5.74, 6) is 4.61. The number of aromatic nitrogens is 2. The molecule has 94 valence electrons. The molecule has 8 nitrogen and oxygen atoms in total. The molecule has 0 aliphatic carbocycles. The van der Waals surface area contributed by atoms with Crippen molar-refractivity contribution in [1.29, 1.82) is 0 Å². The van der Waals surface area contributed by atoms with E-state index >= 15 is 0 Å². The van der Waals surface area contributed by atoms with Crippen molar-refractivity contribution in [3.63, 3.8) is 0 Å². The average molecular weight is 244 g/mol. The lowest BCUT2D eigenvalue weighted by Crippen LogP contribution is -2.41. The van der Waals surface area contributed by atoms with Crippen LogP contribution in [0.5, 0.6) is 0 Å². The molecule has 0 aliphatic rings. The summed E-state index contributed by atoms with van der Waals surface area (Å²) in [6, 6.07) is -0.761. The molecule has 17 heavy (non-hydrogen) atoms. The number of nitrogens with zero attached hydrogens (tertiary/aromatic N) is 3. The van der Waals surface area contributed by atoms with E-state index in [0.717, 1.165) is 10.9 Å². The molecule has 0 bridgehead atoms. The number of hydrogen-bond acceptors (Lipinski definition) is 5. The van der Waals surface area contributed by atoms with Crippen LogP contribution in [-0.2, 0) is 0 Å². The Morgan fingerprint density at radius 1 is 1.65 bits per heavy atom. The number of hydrazine groups is 1. The first kappa shape index (κ1) is 12.9. The Balaban J connectivity index is 2.97. The first-order valence-corrected chi connectivity index (χ1v) is 4.70. The quantitative estimate of drug-likeness (QED) is 0.355. The van der Waals surface area contributed by atoms with Crippen LogP contribution < -0.4 is 16.9 Å². The van der Waals surface area contributed by atoms with Crippen LogP contribution in [-0.4, -0.2) is 46.8 Å². The van der Waals surface area contributed by atoms with Crippen molar-refractivity contribution in [2.75, 3.05) is 26.0 Å². The minimum Gasteiger partial charge on any atom is -0.383 e. The largest absolute Gasteiger partial charge is 0.383 e. The number of hydrogen-bond donors (Lipinski definition) is 3. The molecule has 1 aromatic rings. The van der Waals surface area contributed by atoms with Gasteiger partial charge in [0, 0.05) is 7.05 Å². The van der Waals surface area contributed by atoms with Gasteiger partial charge in [0.1, 0.15) is 18.8 Å². The second-order valence-corrected chi connectivity index (χ2v) is 3.09. The number of imidazole rings is 1. The molecule has 5 N–H and O–H groups in total. The molecule has 1 aromatic heterocycles. The van der Waals surface area contributed by atoms with E-state index in [9.17, 15) is 14.0 Å². The van der Waals surface area contributed by atoms with E-state index < -0.39 is 18.6 Å². The van der Waals surface area contributed by atoms with Gasteiger partial charge in [0.2, 0.25) is 0 Å². The molecule has 9 heteroatoms. The fourth-order valence-electron chi connectivity index (χ4n) is 1.13. The first-order chi connectivity index (χ1) is 8.02. The number of halogens is 1. The molecule has 2 amide bonds. The number of nitrogen functional groups attached to an aromatic ring is 1. The Morgan fingerprint density at radius 2 is 2.29 bits per heavy atom. The molecule has 0 saturated heterocycles. The number of carbonyl (C=O) groups excluding carboxylic acids is 2. The van der Waals surface area contributed by atoms with Crippen LogP contribution in [0.2, 0.25) is 0 Å². The third-order valence-electron chi connectivity index (χ3n) is 2.02. The number of nitrogens with one attached hydrogen (secondary N) is 1. The van der Waals surface area contributed by atoms with Gasteiger partial charge in [-0.3, -0.25) is 9.80 Å². The van der Waals surface area contributed by atoms with Gasteiger partial charge in [-0.1, -0.05) is 0 Å². The van der Waals surface area contributed by atoms with Gasteiger partial charge in [0.05, 0.1) is 6.54 Å². The van der Waals surface area contributed by atoms with Crippen molar-refractivity contribution in [2.24, 2.45) is 5.84 Å². The van der Waals surface area contributed by atoms with Gasteiger partial charge in [0.15, 0.2) is 5.69 Å². The SMILES string of the molecule is CNC(=O)c1ncn(C(=O)N(N)CCF)c1N. The van der Waals surface area contributed by atoms with Gasteiger partial charge < -0.3 is 11.1 Å². The fourth-order valence-corrected chi connectivity index (χ4v) is 1.13. The minimum atomic E-state index is -0.779. The molecule has 0 fully saturated rings. The second-order valence-electron chi connectivity index (χ2n) is 3.09. The van der Waals surface area contributed by atoms with Crippen molar-refractivity contribution in [1.82, 2.24) is 19.9 Å². The summed E-state index contributed by atoms with van der Waals surface area (Å²) >= 11 is 0. The van der Waals surface area contributed by atoms with Crippen molar-refractivity contribution in [3.05, 3.63) is 12.0 Å². The zero-order valence-electron chi connectivity index (χ0n) is 9.18. The molecule has 0 aliphatic heterocycles. The van der Waals surface area contributed by atoms with Crippen LogP contribution in [0.1, 0.15) is 10.5 Å². The standard InChI is InChI=1S/C8H13FN6O2/c1-12-7(16)5-6(10)14(4-13-5)8(17)15(11)3-2-9/h4H,2-3,10-11H2,1H3,(H,12,16). The van der Waals surface area contributed by atoms with Gasteiger partial charge in [-0.2, -0.15) is 0 Å². The summed E-state index contributed by atoms with van der Waals surface area (Å²) in [7, 11) is 1.40. The van der Waals surface area contributed by atoms with E-state index in [1.165, 1.54) is 7.05 Å². The molecule has 0 radical (unpaired) electrons. The van der Waals surface area contributed by atoms with E-state index in [0.29, 0.717) is 5.01 Å². The molecule has 0 saturated carbocycles. The first-order valence-electron chi connectivity index (χ1n) is 4.70. The zero-order chi connectivity index (χ0) is 13.0. The summed E-state index contributed by atoms with van der Waals surface area (Å²) in [6.07, 6.45) is 1.06. The minimum absolute atomic E-state index is 0.0884. The highest BCUT2D eigenvalue weighted by Crippen LogP contribution is 2.10. The highest BCUT2D eigenvalue weighted by Gasteiger charge is 2.20. The lowest BCUT2D eigenvalue weighted by molar-refractivity contribution is 0.0959. The van der Waals surface area contributed by atoms with Crippen LogP contribution >= 0.6 is 0 Å². The normalized spacial score (nSPS) is 10.1. The molecule has 1 heterocycles. The van der Waals surface area contributed by atoms with Gasteiger partial charge in [0.25, 0.3) is 5.91 Å². The monoisotopic (exact) mass is 244 g/mol. The maximum absolute atomic E-state index is 12.0. The highest BCUT2D eigenvalue weighted by molar-refractivity contribution is 5.98. The molecule has 0 spiro atoms. The van der Waals surface area contributed by atoms with E-state index in [2.05, 4.69) is 10.3 Å². The van der Waals surface area contributed by atoms with Crippen LogP contribution in [0, 0.1) is 0 Å². The summed E-state index contributed by atoms with van der Waals surface area (Å²) in [6.45, 7) is -1.05. The van der Waals surface area contributed by atoms with Crippen LogP contribution in [0.4, 0.5) is 15.0 Å². The summed E-state index contributed by atoms with van der Waals surface area (Å²) in [5.41, 5.74) is 5.47. The molecular formula is C8H13FN6O2. The average Bonchev–Trinajstić information content (AvgIpc) is 2.69. The number of amides is 2. The molecule has 0 unspecified atom stereocenters. The van der Waals surface area contributed by atoms with Crippen LogP contribution in [0.15, 0.2) is 6.33 Å². The lowest BCUT2D eigenvalue weighted by Gasteiger charge is -2.15. The van der Waals surface area contributed by atoms with Crippen LogP contribution in [0.25, 0.3) is 0 Å². The van der Waals surface area contributed by atoms with Crippen LogP contribution in [0.3, 0.4) is 0 Å². The Labute approximate surface area is 96.3 Å². The Morgan fingerprint density at radius 3 is 2.82 bits per heavy atom. The fraction of sp³-hybridized carbons (Fsp3) is 0.375. The zero-order valence-corrected chi connectivity index (χ0v) is 9.18. The Kier molecular flexibility index (Phi) is 3.99. The predicted molar refractivity (Wildman–Crippen MR) is 57.7 cm³/mol. The van der Waals surface area contributed by atoms with E-state index in [1.54, 1.807) is 0 Å². The molecule has 0 atom stereocenters. The van der Waals surface area contributed by atoms with Crippen molar-refractivity contribution >= 4 is 17.8 Å². The van der Waals surface area contributed by atoms with Gasteiger partial charge >= 0.3 is 6.03 Å². The highest BCUT2D eigenvalue weighted by atomic mass is 19.1. The van der Waals surface area contributed by atoms with Crippen molar-refractivity contribution < 1.29 is 14.0 Å². The van der Waals surface area contributed by atoms with Gasteiger partial charge in [-0.15, -0.1) is 0 Å². The second kappa shape index (κ2) is 5.25. The number of anilines is 1. The number of rotatable bonds is 3.